The van der Waals surface area contributed by atoms with Crippen molar-refractivity contribution in [2.45, 2.75) is 12.8 Å². The first-order chi connectivity index (χ1) is 7.27. The highest BCUT2D eigenvalue weighted by Gasteiger charge is 2.18. The van der Waals surface area contributed by atoms with Crippen molar-refractivity contribution in [3.05, 3.63) is 23.4 Å². The topological polar surface area (TPSA) is 45.2 Å². The molecule has 1 aromatic heterocycles. The molecule has 2 heterocycles. The van der Waals surface area contributed by atoms with Crippen LogP contribution in [0.25, 0.3) is 0 Å². The number of hydrogen-bond donors (Lipinski definition) is 1. The predicted molar refractivity (Wildman–Crippen MR) is 59.1 cm³/mol. The van der Waals surface area contributed by atoms with Gasteiger partial charge in [-0.2, -0.15) is 0 Å². The van der Waals surface area contributed by atoms with E-state index in [2.05, 4.69) is 10.3 Å². The Morgan fingerprint density at radius 3 is 2.87 bits per heavy atom. The Bertz CT molecular complexity index is 363. The molecule has 1 fully saturated rings. The van der Waals surface area contributed by atoms with Crippen LogP contribution in [0, 0.1) is 0 Å². The van der Waals surface area contributed by atoms with Crippen molar-refractivity contribution in [2.75, 3.05) is 18.4 Å². The smallest absolute Gasteiger partial charge is 0.323 e. The van der Waals surface area contributed by atoms with Crippen molar-refractivity contribution in [2.24, 2.45) is 0 Å². The summed E-state index contributed by atoms with van der Waals surface area (Å²) in [6.07, 6.45) is 3.75. The van der Waals surface area contributed by atoms with Crippen molar-refractivity contribution in [1.29, 1.82) is 0 Å². The summed E-state index contributed by atoms with van der Waals surface area (Å²) in [6, 6.07) is 3.32. The van der Waals surface area contributed by atoms with Gasteiger partial charge in [-0.25, -0.2) is 9.78 Å². The molecule has 80 valence electrons. The van der Waals surface area contributed by atoms with E-state index in [9.17, 15) is 4.79 Å². The van der Waals surface area contributed by atoms with Crippen LogP contribution >= 0.6 is 11.6 Å². The highest BCUT2D eigenvalue weighted by molar-refractivity contribution is 6.33. The number of pyridine rings is 1. The Morgan fingerprint density at radius 1 is 1.47 bits per heavy atom. The van der Waals surface area contributed by atoms with Gasteiger partial charge in [0, 0.05) is 19.3 Å². The van der Waals surface area contributed by atoms with Crippen molar-refractivity contribution in [3.8, 4) is 0 Å². The molecule has 15 heavy (non-hydrogen) atoms. The molecule has 2 rings (SSSR count). The van der Waals surface area contributed by atoms with Gasteiger partial charge in [0.15, 0.2) is 5.82 Å². The summed E-state index contributed by atoms with van der Waals surface area (Å²) < 4.78 is 0. The number of amides is 2. The summed E-state index contributed by atoms with van der Waals surface area (Å²) >= 11 is 5.88. The van der Waals surface area contributed by atoms with Gasteiger partial charge in [0.2, 0.25) is 0 Å². The number of rotatable bonds is 1. The number of aromatic nitrogens is 1. The summed E-state index contributed by atoms with van der Waals surface area (Å²) in [4.78, 5) is 17.5. The number of halogens is 1. The van der Waals surface area contributed by atoms with Gasteiger partial charge < -0.3 is 4.90 Å². The average Bonchev–Trinajstić information content (AvgIpc) is 2.74. The van der Waals surface area contributed by atoms with Gasteiger partial charge >= 0.3 is 6.03 Å². The van der Waals surface area contributed by atoms with Crippen LogP contribution in [0.1, 0.15) is 12.8 Å². The molecule has 1 aromatic rings. The maximum atomic E-state index is 11.7. The Kier molecular flexibility index (Phi) is 3.06. The molecule has 0 unspecified atom stereocenters. The van der Waals surface area contributed by atoms with E-state index >= 15 is 0 Å². The zero-order valence-electron chi connectivity index (χ0n) is 8.24. The third-order valence-electron chi connectivity index (χ3n) is 2.38. The van der Waals surface area contributed by atoms with Crippen LogP contribution in [-0.2, 0) is 0 Å². The number of anilines is 1. The first kappa shape index (κ1) is 10.2. The number of hydrogen-bond acceptors (Lipinski definition) is 2. The lowest BCUT2D eigenvalue weighted by atomic mass is 10.4. The highest BCUT2D eigenvalue weighted by atomic mass is 35.5. The molecule has 0 spiro atoms. The third-order valence-corrected chi connectivity index (χ3v) is 2.68. The van der Waals surface area contributed by atoms with E-state index in [1.54, 1.807) is 23.2 Å². The van der Waals surface area contributed by atoms with E-state index in [0.29, 0.717) is 10.8 Å². The molecule has 4 nitrogen and oxygen atoms in total. The van der Waals surface area contributed by atoms with Crippen molar-refractivity contribution < 1.29 is 4.79 Å². The lowest BCUT2D eigenvalue weighted by molar-refractivity contribution is 0.222. The Hall–Kier alpha value is -1.29. The third kappa shape index (κ3) is 2.39. The van der Waals surface area contributed by atoms with Gasteiger partial charge in [-0.05, 0) is 25.0 Å². The number of nitrogens with zero attached hydrogens (tertiary/aromatic N) is 2. The second-order valence-electron chi connectivity index (χ2n) is 3.46. The average molecular weight is 226 g/mol. The van der Waals surface area contributed by atoms with E-state index in [-0.39, 0.29) is 6.03 Å². The minimum Gasteiger partial charge on any atom is -0.324 e. The summed E-state index contributed by atoms with van der Waals surface area (Å²) in [5.41, 5.74) is 0. The van der Waals surface area contributed by atoms with Gasteiger partial charge in [-0.15, -0.1) is 0 Å². The Balaban J connectivity index is 2.02. The zero-order valence-corrected chi connectivity index (χ0v) is 9.00. The molecule has 0 saturated carbocycles. The van der Waals surface area contributed by atoms with E-state index < -0.39 is 0 Å². The molecule has 1 aliphatic rings. The fourth-order valence-electron chi connectivity index (χ4n) is 1.58. The number of urea groups is 1. The molecular formula is C10H12ClN3O. The van der Waals surface area contributed by atoms with E-state index in [1.165, 1.54) is 0 Å². The normalized spacial score (nSPS) is 15.4. The molecule has 0 aromatic carbocycles. The van der Waals surface area contributed by atoms with Crippen LogP contribution in [-0.4, -0.2) is 29.0 Å². The Morgan fingerprint density at radius 2 is 2.20 bits per heavy atom. The molecule has 1 aliphatic heterocycles. The molecule has 1 saturated heterocycles. The van der Waals surface area contributed by atoms with Gasteiger partial charge in [-0.1, -0.05) is 11.6 Å². The summed E-state index contributed by atoms with van der Waals surface area (Å²) in [5.74, 6) is 0.427. The lowest BCUT2D eigenvalue weighted by Gasteiger charge is -2.15. The fraction of sp³-hybridized carbons (Fsp3) is 0.400. The highest BCUT2D eigenvalue weighted by Crippen LogP contribution is 2.18. The minimum absolute atomic E-state index is 0.117. The molecule has 1 N–H and O–H groups in total. The van der Waals surface area contributed by atoms with E-state index in [4.69, 9.17) is 11.6 Å². The molecule has 0 bridgehead atoms. The zero-order chi connectivity index (χ0) is 10.7. The second-order valence-corrected chi connectivity index (χ2v) is 3.87. The number of carbonyl (C=O) groups is 1. The SMILES string of the molecule is O=C(Nc1ncccc1Cl)N1CCCC1. The lowest BCUT2D eigenvalue weighted by Crippen LogP contribution is -2.32. The van der Waals surface area contributed by atoms with Gasteiger partial charge in [0.25, 0.3) is 0 Å². The van der Waals surface area contributed by atoms with Crippen molar-refractivity contribution in [1.82, 2.24) is 9.88 Å². The minimum atomic E-state index is -0.117. The van der Waals surface area contributed by atoms with Crippen LogP contribution < -0.4 is 5.32 Å². The first-order valence-electron chi connectivity index (χ1n) is 4.94. The van der Waals surface area contributed by atoms with E-state index in [1.807, 2.05) is 0 Å². The standard InChI is InChI=1S/C10H12ClN3O/c11-8-4-3-5-12-9(8)13-10(15)14-6-1-2-7-14/h3-5H,1-2,6-7H2,(H,12,13,15). The van der Waals surface area contributed by atoms with Crippen LogP contribution in [0.2, 0.25) is 5.02 Å². The molecule has 2 amide bonds. The van der Waals surface area contributed by atoms with Gasteiger partial charge in [-0.3, -0.25) is 5.32 Å². The molecule has 0 aliphatic carbocycles. The number of nitrogens with one attached hydrogen (secondary N) is 1. The number of carbonyl (C=O) groups excluding carboxylic acids is 1. The van der Waals surface area contributed by atoms with Crippen LogP contribution in [0.3, 0.4) is 0 Å². The predicted octanol–water partition coefficient (Wildman–Crippen LogP) is 2.36. The second kappa shape index (κ2) is 4.49. The summed E-state index contributed by atoms with van der Waals surface area (Å²) in [7, 11) is 0. The van der Waals surface area contributed by atoms with Gasteiger partial charge in [0.1, 0.15) is 0 Å². The molecular weight excluding hydrogens is 214 g/mol. The van der Waals surface area contributed by atoms with Crippen LogP contribution in [0.5, 0.6) is 0 Å². The summed E-state index contributed by atoms with van der Waals surface area (Å²) in [5, 5.41) is 3.16. The molecule has 0 radical (unpaired) electrons. The number of likely N-dealkylation sites (tertiary alicyclic amines) is 1. The van der Waals surface area contributed by atoms with Crippen molar-refractivity contribution >= 4 is 23.4 Å². The van der Waals surface area contributed by atoms with Crippen molar-refractivity contribution in [3.63, 3.8) is 0 Å². The molecule has 5 heteroatoms. The van der Waals surface area contributed by atoms with E-state index in [0.717, 1.165) is 25.9 Å². The van der Waals surface area contributed by atoms with Gasteiger partial charge in [0.05, 0.1) is 5.02 Å². The van der Waals surface area contributed by atoms with Crippen LogP contribution in [0.4, 0.5) is 10.6 Å². The maximum Gasteiger partial charge on any atom is 0.323 e. The first-order valence-corrected chi connectivity index (χ1v) is 5.31. The largest absolute Gasteiger partial charge is 0.324 e. The molecule has 0 atom stereocenters. The maximum absolute atomic E-state index is 11.7. The Labute approximate surface area is 93.2 Å². The fourth-order valence-corrected chi connectivity index (χ4v) is 1.75. The van der Waals surface area contributed by atoms with Crippen LogP contribution in [0.15, 0.2) is 18.3 Å². The quantitative estimate of drug-likeness (QED) is 0.798. The monoisotopic (exact) mass is 225 g/mol. The summed E-state index contributed by atoms with van der Waals surface area (Å²) in [6.45, 7) is 1.63.